The largest absolute Gasteiger partial charge is 0.496 e. The minimum Gasteiger partial charge on any atom is -0.496 e. The molecule has 2 aromatic carbocycles. The van der Waals surface area contributed by atoms with Crippen molar-refractivity contribution in [3.63, 3.8) is 0 Å². The fourth-order valence-corrected chi connectivity index (χ4v) is 8.90. The van der Waals surface area contributed by atoms with Crippen molar-refractivity contribution in [1.82, 2.24) is 5.32 Å². The number of nitrogens with one attached hydrogen (secondary N) is 1. The average molecular weight is 690 g/mol. The molecule has 4 saturated carbocycles. The van der Waals surface area contributed by atoms with Crippen LogP contribution >= 0.6 is 0 Å². The zero-order valence-corrected chi connectivity index (χ0v) is 30.7. The molecule has 7 rings (SSSR count). The van der Waals surface area contributed by atoms with Gasteiger partial charge in [-0.3, -0.25) is 4.79 Å². The number of ether oxygens (including phenoxy) is 5. The van der Waals surface area contributed by atoms with Crippen LogP contribution in [0.5, 0.6) is 17.2 Å². The highest BCUT2D eigenvalue weighted by molar-refractivity contribution is 6.16. The summed E-state index contributed by atoms with van der Waals surface area (Å²) in [5.74, 6) is 3.56. The Hall–Kier alpha value is -3.60. The summed E-state index contributed by atoms with van der Waals surface area (Å²) in [6, 6.07) is 11.3. The van der Waals surface area contributed by atoms with Gasteiger partial charge in [-0.15, -0.1) is 0 Å². The lowest BCUT2D eigenvalue weighted by molar-refractivity contribution is -0.131. The number of hydrogen-bond donors (Lipinski definition) is 3. The Labute approximate surface area is 296 Å². The van der Waals surface area contributed by atoms with Crippen LogP contribution in [0.15, 0.2) is 53.2 Å². The second-order valence-corrected chi connectivity index (χ2v) is 15.8. The predicted molar refractivity (Wildman–Crippen MR) is 193 cm³/mol. The minimum absolute atomic E-state index is 0.0360. The average Bonchev–Trinajstić information content (AvgIpc) is 3.83. The van der Waals surface area contributed by atoms with E-state index in [1.54, 1.807) is 20.3 Å². The van der Waals surface area contributed by atoms with Crippen molar-refractivity contribution in [2.75, 3.05) is 27.4 Å². The normalized spacial score (nSPS) is 28.9. The number of benzene rings is 2. The summed E-state index contributed by atoms with van der Waals surface area (Å²) in [4.78, 5) is 19.5. The van der Waals surface area contributed by atoms with Crippen molar-refractivity contribution in [1.29, 1.82) is 0 Å². The Balaban J connectivity index is 1.39. The van der Waals surface area contributed by atoms with E-state index in [1.165, 1.54) is 6.42 Å². The molecule has 2 atom stereocenters. The number of hydrogen-bond acceptors (Lipinski definition) is 9. The zero-order valence-electron chi connectivity index (χ0n) is 30.7. The minimum atomic E-state index is -0.547. The molecule has 1 amide bonds. The van der Waals surface area contributed by atoms with Crippen LogP contribution in [0.1, 0.15) is 90.2 Å². The van der Waals surface area contributed by atoms with Gasteiger partial charge in [0.2, 0.25) is 0 Å². The van der Waals surface area contributed by atoms with Crippen molar-refractivity contribution in [3.05, 3.63) is 59.3 Å². The van der Waals surface area contributed by atoms with E-state index in [1.807, 2.05) is 57.2 Å². The molecule has 1 heterocycles. The van der Waals surface area contributed by atoms with Gasteiger partial charge in [0.1, 0.15) is 23.4 Å². The van der Waals surface area contributed by atoms with E-state index < -0.39 is 5.54 Å². The number of aliphatic hydroxyl groups is 1. The van der Waals surface area contributed by atoms with Crippen LogP contribution in [-0.2, 0) is 14.3 Å². The van der Waals surface area contributed by atoms with Crippen molar-refractivity contribution in [2.24, 2.45) is 34.4 Å². The molecule has 2 unspecified atom stereocenters. The van der Waals surface area contributed by atoms with E-state index in [-0.39, 0.29) is 42.1 Å². The van der Waals surface area contributed by atoms with Crippen LogP contribution in [0.4, 0.5) is 5.69 Å². The van der Waals surface area contributed by atoms with Gasteiger partial charge in [0.05, 0.1) is 54.6 Å². The van der Waals surface area contributed by atoms with E-state index >= 15 is 0 Å². The summed E-state index contributed by atoms with van der Waals surface area (Å²) in [5.41, 5.74) is 8.57. The summed E-state index contributed by atoms with van der Waals surface area (Å²) >= 11 is 0. The Bertz CT molecular complexity index is 1560. The van der Waals surface area contributed by atoms with Crippen molar-refractivity contribution < 1.29 is 33.6 Å². The van der Waals surface area contributed by atoms with Crippen LogP contribution in [0.25, 0.3) is 0 Å². The molecule has 272 valence electrons. The summed E-state index contributed by atoms with van der Waals surface area (Å²) in [5, 5.41) is 12.7. The van der Waals surface area contributed by atoms with Crippen molar-refractivity contribution in [3.8, 4) is 17.2 Å². The fourth-order valence-electron chi connectivity index (χ4n) is 8.90. The Morgan fingerprint density at radius 2 is 1.70 bits per heavy atom. The second-order valence-electron chi connectivity index (χ2n) is 15.8. The van der Waals surface area contributed by atoms with E-state index in [2.05, 4.69) is 19.2 Å². The van der Waals surface area contributed by atoms with Gasteiger partial charge in [0.25, 0.3) is 5.91 Å². The third-order valence-electron chi connectivity index (χ3n) is 10.9. The summed E-state index contributed by atoms with van der Waals surface area (Å²) in [6.07, 6.45) is 7.23. The number of rotatable bonds is 14. The first-order valence-electron chi connectivity index (χ1n) is 18.2. The first-order chi connectivity index (χ1) is 23.9. The number of nitrogens with zero attached hydrogens (tertiary/aromatic N) is 1. The van der Waals surface area contributed by atoms with Crippen LogP contribution in [0, 0.1) is 23.7 Å². The molecular weight excluding hydrogens is 634 g/mol. The molecule has 0 spiro atoms. The number of aliphatic imine (C=N–C) groups is 1. The number of epoxide rings is 1. The van der Waals surface area contributed by atoms with Crippen LogP contribution in [0.3, 0.4) is 0 Å². The Morgan fingerprint density at radius 3 is 2.26 bits per heavy atom. The van der Waals surface area contributed by atoms with Crippen LogP contribution < -0.4 is 25.3 Å². The topological polar surface area (TPSA) is 137 Å². The molecular formula is C40H55N3O7. The molecule has 4 N–H and O–H groups in total. The highest BCUT2D eigenvalue weighted by atomic mass is 16.8. The SMILES string of the molecule is COc1cccc(OC)c1C(C=C(N)C(=O)NC1(C2OC2OC(C)(C)C)C2CC3CC(C2)CC1C3)=Nc1ccc(OCCCO)cc1C(C)C. The number of amides is 1. The highest BCUT2D eigenvalue weighted by Gasteiger charge is 2.68. The number of carbonyl (C=O) groups excluding carboxylic acids is 1. The van der Waals surface area contributed by atoms with Gasteiger partial charge in [0.15, 0.2) is 6.29 Å². The van der Waals surface area contributed by atoms with Gasteiger partial charge >= 0.3 is 0 Å². The van der Waals surface area contributed by atoms with Crippen LogP contribution in [-0.4, -0.2) is 67.7 Å². The molecule has 0 radical (unpaired) electrons. The van der Waals surface area contributed by atoms with E-state index in [4.69, 9.17) is 34.4 Å². The lowest BCUT2D eigenvalue weighted by Gasteiger charge is -2.61. The molecule has 10 nitrogen and oxygen atoms in total. The number of methoxy groups -OCH3 is 2. The summed E-state index contributed by atoms with van der Waals surface area (Å²) in [7, 11) is 3.19. The van der Waals surface area contributed by atoms with E-state index in [0.29, 0.717) is 70.9 Å². The number of allylic oxidation sites excluding steroid dienone is 1. The third-order valence-corrected chi connectivity index (χ3v) is 10.9. The first-order valence-corrected chi connectivity index (χ1v) is 18.2. The molecule has 2 aromatic rings. The molecule has 4 bridgehead atoms. The second kappa shape index (κ2) is 14.6. The van der Waals surface area contributed by atoms with Crippen LogP contribution in [0.2, 0.25) is 0 Å². The smallest absolute Gasteiger partial charge is 0.267 e. The lowest BCUT2D eigenvalue weighted by Crippen LogP contribution is -2.69. The quantitative estimate of drug-likeness (QED) is 0.0897. The molecule has 4 aliphatic carbocycles. The zero-order chi connectivity index (χ0) is 35.8. The number of carbonyl (C=O) groups is 1. The van der Waals surface area contributed by atoms with E-state index in [9.17, 15) is 9.90 Å². The molecule has 50 heavy (non-hydrogen) atoms. The monoisotopic (exact) mass is 689 g/mol. The molecule has 1 aliphatic heterocycles. The molecule has 10 heteroatoms. The molecule has 5 aliphatic rings. The molecule has 5 fully saturated rings. The maximum atomic E-state index is 14.4. The summed E-state index contributed by atoms with van der Waals surface area (Å²) < 4.78 is 30.1. The van der Waals surface area contributed by atoms with Gasteiger partial charge < -0.3 is 39.8 Å². The maximum absolute atomic E-state index is 14.4. The number of nitrogens with two attached hydrogens (primary N) is 1. The van der Waals surface area contributed by atoms with Gasteiger partial charge in [-0.2, -0.15) is 0 Å². The highest BCUT2D eigenvalue weighted by Crippen LogP contribution is 2.62. The van der Waals surface area contributed by atoms with Crippen molar-refractivity contribution in [2.45, 2.75) is 103 Å². The van der Waals surface area contributed by atoms with Crippen molar-refractivity contribution >= 4 is 17.3 Å². The lowest BCUT2D eigenvalue weighted by atomic mass is 9.47. The van der Waals surface area contributed by atoms with Gasteiger partial charge in [-0.1, -0.05) is 19.9 Å². The van der Waals surface area contributed by atoms with Gasteiger partial charge in [-0.05, 0) is 124 Å². The Morgan fingerprint density at radius 1 is 1.06 bits per heavy atom. The summed E-state index contributed by atoms with van der Waals surface area (Å²) in [6.45, 7) is 10.8. The van der Waals surface area contributed by atoms with Gasteiger partial charge in [-0.25, -0.2) is 4.99 Å². The third kappa shape index (κ3) is 7.39. The maximum Gasteiger partial charge on any atom is 0.267 e. The fraction of sp³-hybridized carbons (Fsp3) is 0.600. The van der Waals surface area contributed by atoms with E-state index in [0.717, 1.165) is 31.2 Å². The molecule has 1 saturated heterocycles. The predicted octanol–water partition coefficient (Wildman–Crippen LogP) is 6.40. The number of aliphatic hydroxyl groups excluding tert-OH is 1. The van der Waals surface area contributed by atoms with Gasteiger partial charge in [0, 0.05) is 13.0 Å². The first kappa shape index (κ1) is 36.2. The Kier molecular flexibility index (Phi) is 10.5. The molecule has 0 aromatic heterocycles. The standard InChI is InChI=1S/C40H55N3O7/c1-23(2)29-21-28(48-15-9-14-44)12-13-31(29)42-32(35-33(46-6)10-8-11-34(35)47-7)22-30(41)37(45)43-40(36-38(49-36)50-39(3,4)5)26-17-24-16-25(19-26)20-27(40)18-24/h8,10-13,21-27,36,38,44H,9,14-20,41H2,1-7H3,(H,43,45).